The van der Waals surface area contributed by atoms with Gasteiger partial charge in [-0.2, -0.15) is 13.8 Å². The van der Waals surface area contributed by atoms with E-state index in [0.717, 1.165) is 19.7 Å². The number of para-hydroxylation sites is 1. The van der Waals surface area contributed by atoms with Gasteiger partial charge in [0.2, 0.25) is 12.7 Å². The molecule has 1 aromatic heterocycles. The summed E-state index contributed by atoms with van der Waals surface area (Å²) in [6, 6.07) is 5.88. The molecule has 0 N–H and O–H groups in total. The highest BCUT2D eigenvalue weighted by Crippen LogP contribution is 2.31. The Morgan fingerprint density at radius 3 is 2.71 bits per heavy atom. The first-order valence-corrected chi connectivity index (χ1v) is 6.47. The Bertz CT molecular complexity index is 768. The minimum absolute atomic E-state index is 0.0476. The highest BCUT2D eigenvalue weighted by Gasteiger charge is 2.20. The smallest absolute Gasteiger partial charge is 0.341 e. The highest BCUT2D eigenvalue weighted by molar-refractivity contribution is 6.17. The van der Waals surface area contributed by atoms with Crippen molar-refractivity contribution in [3.63, 3.8) is 0 Å². The average molecular weight is 340 g/mol. The summed E-state index contributed by atoms with van der Waals surface area (Å²) in [5.41, 5.74) is -0.0723. The molecule has 0 fully saturated rings. The van der Waals surface area contributed by atoms with Crippen molar-refractivity contribution in [2.75, 3.05) is 14.0 Å². The lowest BCUT2D eigenvalue weighted by molar-refractivity contribution is -0.133. The number of methoxy groups -OCH3 is 1. The standard InChI is InChI=1S/C15H11F3N2O4/c1-22-15(21)10(6-23-7-16)9-4-2-3-5-11(9)24-14-12(17)13(18)19-8-20-14/h2-6,8H,7H2,1H3. The quantitative estimate of drug-likeness (QED) is 0.348. The Morgan fingerprint density at radius 2 is 2.00 bits per heavy atom. The molecule has 0 spiro atoms. The number of alkyl halides is 1. The third-order valence-electron chi connectivity index (χ3n) is 2.77. The molecule has 0 bridgehead atoms. The van der Waals surface area contributed by atoms with Crippen molar-refractivity contribution < 1.29 is 32.2 Å². The number of carbonyl (C=O) groups excluding carboxylic acids is 1. The largest absolute Gasteiger partial charge is 0.470 e. The summed E-state index contributed by atoms with van der Waals surface area (Å²) in [5, 5.41) is 0. The first-order valence-electron chi connectivity index (χ1n) is 6.47. The topological polar surface area (TPSA) is 70.5 Å². The van der Waals surface area contributed by atoms with Crippen LogP contribution in [0.2, 0.25) is 0 Å². The van der Waals surface area contributed by atoms with Crippen LogP contribution in [-0.4, -0.2) is 29.9 Å². The van der Waals surface area contributed by atoms with Gasteiger partial charge in [0.25, 0.3) is 11.8 Å². The average Bonchev–Trinajstić information content (AvgIpc) is 2.60. The van der Waals surface area contributed by atoms with E-state index in [9.17, 15) is 18.0 Å². The van der Waals surface area contributed by atoms with E-state index in [4.69, 9.17) is 4.74 Å². The zero-order valence-electron chi connectivity index (χ0n) is 12.3. The van der Waals surface area contributed by atoms with Crippen molar-refractivity contribution in [2.24, 2.45) is 0 Å². The van der Waals surface area contributed by atoms with Gasteiger partial charge in [0, 0.05) is 5.56 Å². The van der Waals surface area contributed by atoms with Gasteiger partial charge < -0.3 is 14.2 Å². The zero-order valence-corrected chi connectivity index (χ0v) is 12.3. The highest BCUT2D eigenvalue weighted by atomic mass is 19.2. The van der Waals surface area contributed by atoms with Gasteiger partial charge >= 0.3 is 5.97 Å². The molecular formula is C15H11F3N2O4. The molecule has 0 saturated carbocycles. The summed E-state index contributed by atoms with van der Waals surface area (Å²) in [4.78, 5) is 18.4. The molecule has 126 valence electrons. The Morgan fingerprint density at radius 1 is 1.25 bits per heavy atom. The van der Waals surface area contributed by atoms with Gasteiger partial charge in [-0.05, 0) is 6.07 Å². The van der Waals surface area contributed by atoms with Crippen LogP contribution in [-0.2, 0) is 14.3 Å². The fraction of sp³-hybridized carbons (Fsp3) is 0.133. The van der Waals surface area contributed by atoms with Crippen LogP contribution in [0.4, 0.5) is 13.2 Å². The molecule has 24 heavy (non-hydrogen) atoms. The number of ether oxygens (including phenoxy) is 3. The fourth-order valence-corrected chi connectivity index (χ4v) is 1.73. The van der Waals surface area contributed by atoms with Crippen LogP contribution in [0.15, 0.2) is 36.9 Å². The van der Waals surface area contributed by atoms with E-state index in [-0.39, 0.29) is 16.9 Å². The van der Waals surface area contributed by atoms with Gasteiger partial charge in [-0.1, -0.05) is 18.2 Å². The lowest BCUT2D eigenvalue weighted by Gasteiger charge is -2.12. The van der Waals surface area contributed by atoms with Crippen LogP contribution in [0.1, 0.15) is 5.56 Å². The maximum absolute atomic E-state index is 13.6. The molecule has 1 heterocycles. The van der Waals surface area contributed by atoms with Crippen LogP contribution >= 0.6 is 0 Å². The summed E-state index contributed by atoms with van der Waals surface area (Å²) in [6.45, 7) is -1.17. The number of benzene rings is 1. The molecule has 0 atom stereocenters. The number of carbonyl (C=O) groups is 1. The molecule has 0 aliphatic heterocycles. The Kier molecular flexibility index (Phi) is 5.72. The normalized spacial score (nSPS) is 11.1. The van der Waals surface area contributed by atoms with Gasteiger partial charge in [-0.15, -0.1) is 0 Å². The van der Waals surface area contributed by atoms with E-state index in [1.54, 1.807) is 6.07 Å². The maximum atomic E-state index is 13.6. The Hall–Kier alpha value is -3.10. The molecule has 0 unspecified atom stereocenters. The molecule has 0 radical (unpaired) electrons. The summed E-state index contributed by atoms with van der Waals surface area (Å²) < 4.78 is 53.3. The van der Waals surface area contributed by atoms with Crippen molar-refractivity contribution in [3.8, 4) is 11.6 Å². The summed E-state index contributed by atoms with van der Waals surface area (Å²) in [7, 11) is 1.12. The molecule has 0 saturated heterocycles. The number of rotatable bonds is 6. The maximum Gasteiger partial charge on any atom is 0.341 e. The van der Waals surface area contributed by atoms with Crippen LogP contribution in [0.5, 0.6) is 11.6 Å². The molecule has 2 aromatic rings. The van der Waals surface area contributed by atoms with E-state index in [0.29, 0.717) is 0 Å². The molecule has 2 rings (SSSR count). The molecule has 1 aromatic carbocycles. The van der Waals surface area contributed by atoms with Crippen molar-refractivity contribution in [2.45, 2.75) is 0 Å². The van der Waals surface area contributed by atoms with Crippen molar-refractivity contribution in [3.05, 3.63) is 54.2 Å². The molecule has 9 heteroatoms. The molecule has 0 aliphatic rings. The minimum Gasteiger partial charge on any atom is -0.470 e. The van der Waals surface area contributed by atoms with Crippen LogP contribution in [0.3, 0.4) is 0 Å². The number of nitrogens with zero attached hydrogens (tertiary/aromatic N) is 2. The van der Waals surface area contributed by atoms with Gasteiger partial charge in [0.1, 0.15) is 23.9 Å². The molecule has 0 aliphatic carbocycles. The van der Waals surface area contributed by atoms with Gasteiger partial charge in [0.15, 0.2) is 0 Å². The summed E-state index contributed by atoms with van der Waals surface area (Å²) >= 11 is 0. The van der Waals surface area contributed by atoms with E-state index in [1.165, 1.54) is 18.2 Å². The van der Waals surface area contributed by atoms with E-state index in [2.05, 4.69) is 19.4 Å². The zero-order chi connectivity index (χ0) is 17.5. The second-order valence-electron chi connectivity index (χ2n) is 4.18. The Labute approximate surface area is 134 Å². The van der Waals surface area contributed by atoms with E-state index < -0.39 is 30.5 Å². The number of halogens is 3. The van der Waals surface area contributed by atoms with Gasteiger partial charge in [0.05, 0.1) is 7.11 Å². The Balaban J connectivity index is 2.46. The number of hydrogen-bond acceptors (Lipinski definition) is 6. The van der Waals surface area contributed by atoms with Gasteiger partial charge in [-0.25, -0.2) is 14.2 Å². The lowest BCUT2D eigenvalue weighted by atomic mass is 10.1. The first kappa shape index (κ1) is 17.3. The third-order valence-corrected chi connectivity index (χ3v) is 2.77. The monoisotopic (exact) mass is 340 g/mol. The minimum atomic E-state index is -1.39. The summed E-state index contributed by atoms with van der Waals surface area (Å²) in [6.07, 6.45) is 1.62. The fourth-order valence-electron chi connectivity index (χ4n) is 1.73. The van der Waals surface area contributed by atoms with Crippen molar-refractivity contribution in [1.82, 2.24) is 9.97 Å². The third kappa shape index (κ3) is 3.80. The second-order valence-corrected chi connectivity index (χ2v) is 4.18. The SMILES string of the molecule is COC(=O)C(=COCF)c1ccccc1Oc1ncnc(F)c1F. The van der Waals surface area contributed by atoms with Crippen LogP contribution < -0.4 is 4.74 Å². The first-order chi connectivity index (χ1) is 11.6. The van der Waals surface area contributed by atoms with Gasteiger partial charge in [-0.3, -0.25) is 0 Å². The van der Waals surface area contributed by atoms with Crippen molar-refractivity contribution >= 4 is 11.5 Å². The van der Waals surface area contributed by atoms with Crippen LogP contribution in [0.25, 0.3) is 5.57 Å². The number of aromatic nitrogens is 2. The lowest BCUT2D eigenvalue weighted by Crippen LogP contribution is -2.07. The predicted molar refractivity (Wildman–Crippen MR) is 75.5 cm³/mol. The van der Waals surface area contributed by atoms with E-state index >= 15 is 0 Å². The molecule has 6 nitrogen and oxygen atoms in total. The van der Waals surface area contributed by atoms with Crippen molar-refractivity contribution in [1.29, 1.82) is 0 Å². The van der Waals surface area contributed by atoms with Crippen LogP contribution in [0, 0.1) is 11.8 Å². The number of hydrogen-bond donors (Lipinski definition) is 0. The second kappa shape index (κ2) is 7.95. The predicted octanol–water partition coefficient (Wildman–Crippen LogP) is 3.00. The summed E-state index contributed by atoms with van der Waals surface area (Å²) in [5.74, 6) is -4.34. The number of esters is 1. The van der Waals surface area contributed by atoms with E-state index in [1.807, 2.05) is 0 Å². The molecular weight excluding hydrogens is 329 g/mol. The molecule has 0 amide bonds.